The quantitative estimate of drug-likeness (QED) is 0.714. The van der Waals surface area contributed by atoms with E-state index >= 15 is 0 Å². The zero-order valence-electron chi connectivity index (χ0n) is 12.5. The first-order chi connectivity index (χ1) is 9.58. The number of ether oxygens (including phenoxy) is 1. The summed E-state index contributed by atoms with van der Waals surface area (Å²) in [5, 5.41) is 12.1. The lowest BCUT2D eigenvalue weighted by atomic mass is 10.2. The van der Waals surface area contributed by atoms with Gasteiger partial charge in [0.05, 0.1) is 6.61 Å². The molecule has 20 heavy (non-hydrogen) atoms. The van der Waals surface area contributed by atoms with Crippen molar-refractivity contribution < 1.29 is 14.6 Å². The average molecular weight is 280 g/mol. The summed E-state index contributed by atoms with van der Waals surface area (Å²) in [6.45, 7) is 6.11. The van der Waals surface area contributed by atoms with Gasteiger partial charge >= 0.3 is 0 Å². The molecule has 1 aromatic heterocycles. The fourth-order valence-electron chi connectivity index (χ4n) is 1.79. The largest absolute Gasteiger partial charge is 0.479 e. The minimum Gasteiger partial charge on any atom is -0.479 e. The van der Waals surface area contributed by atoms with E-state index in [-0.39, 0.29) is 12.5 Å². The van der Waals surface area contributed by atoms with E-state index in [9.17, 15) is 9.90 Å². The molecule has 5 heteroatoms. The predicted molar refractivity (Wildman–Crippen MR) is 77.5 cm³/mol. The van der Waals surface area contributed by atoms with E-state index < -0.39 is 6.10 Å². The highest BCUT2D eigenvalue weighted by Crippen LogP contribution is 2.18. The van der Waals surface area contributed by atoms with E-state index in [1.54, 1.807) is 19.1 Å². The number of nitrogens with zero attached hydrogens (tertiary/aromatic N) is 1. The molecule has 5 nitrogen and oxygen atoms in total. The molecule has 0 saturated heterocycles. The monoisotopic (exact) mass is 280 g/mol. The van der Waals surface area contributed by atoms with Gasteiger partial charge in [0, 0.05) is 12.2 Å². The molecule has 0 aromatic carbocycles. The first kappa shape index (κ1) is 16.4. The third-order valence-corrected chi connectivity index (χ3v) is 2.97. The molecular weight excluding hydrogens is 256 g/mol. The van der Waals surface area contributed by atoms with Gasteiger partial charge in [-0.05, 0) is 32.4 Å². The number of unbranched alkanes of at least 4 members (excludes halogenated alkanes) is 2. The van der Waals surface area contributed by atoms with Gasteiger partial charge in [0.15, 0.2) is 6.10 Å². The van der Waals surface area contributed by atoms with Gasteiger partial charge in [0.1, 0.15) is 11.4 Å². The maximum Gasteiger partial charge on any atom is 0.260 e. The molecule has 0 fully saturated rings. The maximum absolute atomic E-state index is 11.9. The van der Waals surface area contributed by atoms with Gasteiger partial charge in [-0.1, -0.05) is 19.8 Å². The van der Waals surface area contributed by atoms with Gasteiger partial charge < -0.3 is 15.2 Å². The van der Waals surface area contributed by atoms with Crippen LogP contribution in [0.1, 0.15) is 44.5 Å². The number of carbonyl (C=O) groups is 1. The number of rotatable bonds is 8. The molecule has 0 aliphatic rings. The van der Waals surface area contributed by atoms with E-state index in [2.05, 4.69) is 17.2 Å². The van der Waals surface area contributed by atoms with Crippen molar-refractivity contribution in [2.24, 2.45) is 0 Å². The van der Waals surface area contributed by atoms with Crippen LogP contribution in [-0.2, 0) is 11.4 Å². The number of nitrogens with one attached hydrogen (secondary N) is 1. The number of carbonyl (C=O) groups excluding carboxylic acids is 1. The molecule has 1 atom stereocenters. The van der Waals surface area contributed by atoms with Crippen LogP contribution in [0.3, 0.4) is 0 Å². The molecule has 0 saturated carbocycles. The Kier molecular flexibility index (Phi) is 7.01. The van der Waals surface area contributed by atoms with Crippen LogP contribution in [0.5, 0.6) is 5.75 Å². The van der Waals surface area contributed by atoms with Crippen molar-refractivity contribution in [2.75, 3.05) is 6.54 Å². The van der Waals surface area contributed by atoms with Gasteiger partial charge in [0.2, 0.25) is 0 Å². The number of hydrogen-bond acceptors (Lipinski definition) is 4. The van der Waals surface area contributed by atoms with Gasteiger partial charge in [-0.25, -0.2) is 0 Å². The third kappa shape index (κ3) is 5.17. The molecular formula is C15H24N2O3. The molecule has 2 N–H and O–H groups in total. The summed E-state index contributed by atoms with van der Waals surface area (Å²) >= 11 is 0. The molecule has 0 bridgehead atoms. The Hall–Kier alpha value is -1.62. The van der Waals surface area contributed by atoms with Crippen molar-refractivity contribution in [3.8, 4) is 5.75 Å². The Morgan fingerprint density at radius 3 is 2.85 bits per heavy atom. The Morgan fingerprint density at radius 2 is 2.20 bits per heavy atom. The molecule has 0 radical (unpaired) electrons. The van der Waals surface area contributed by atoms with Gasteiger partial charge in [-0.15, -0.1) is 0 Å². The second-order valence-corrected chi connectivity index (χ2v) is 4.81. The highest BCUT2D eigenvalue weighted by molar-refractivity contribution is 5.80. The molecule has 0 spiro atoms. The van der Waals surface area contributed by atoms with Crippen LogP contribution < -0.4 is 10.1 Å². The fourth-order valence-corrected chi connectivity index (χ4v) is 1.79. The number of aryl methyl sites for hydroxylation is 1. The van der Waals surface area contributed by atoms with Gasteiger partial charge in [-0.3, -0.25) is 9.78 Å². The lowest BCUT2D eigenvalue weighted by Gasteiger charge is -2.16. The topological polar surface area (TPSA) is 71.5 Å². The third-order valence-electron chi connectivity index (χ3n) is 2.97. The van der Waals surface area contributed by atoms with Crippen LogP contribution in [0.15, 0.2) is 12.1 Å². The SMILES string of the molecule is CCCCCNC(=O)C(C)Oc1ccc(C)nc1CO. The van der Waals surface area contributed by atoms with Crippen LogP contribution in [0.4, 0.5) is 0 Å². The summed E-state index contributed by atoms with van der Waals surface area (Å²) in [6.07, 6.45) is 2.60. The Labute approximate surface area is 120 Å². The molecule has 0 aliphatic heterocycles. The number of aliphatic hydroxyl groups is 1. The normalized spacial score (nSPS) is 12.0. The highest BCUT2D eigenvalue weighted by Gasteiger charge is 2.16. The van der Waals surface area contributed by atoms with E-state index in [4.69, 9.17) is 4.74 Å². The Bertz CT molecular complexity index is 435. The minimum atomic E-state index is -0.605. The van der Waals surface area contributed by atoms with E-state index in [1.807, 2.05) is 6.92 Å². The van der Waals surface area contributed by atoms with Crippen molar-refractivity contribution >= 4 is 5.91 Å². The first-order valence-electron chi connectivity index (χ1n) is 7.10. The Morgan fingerprint density at radius 1 is 1.45 bits per heavy atom. The van der Waals surface area contributed by atoms with Crippen molar-refractivity contribution in [3.63, 3.8) is 0 Å². The summed E-state index contributed by atoms with van der Waals surface area (Å²) in [4.78, 5) is 16.0. The van der Waals surface area contributed by atoms with Crippen LogP contribution in [-0.4, -0.2) is 28.6 Å². The zero-order valence-corrected chi connectivity index (χ0v) is 12.5. The number of aliphatic hydroxyl groups excluding tert-OH is 1. The average Bonchev–Trinajstić information content (AvgIpc) is 2.45. The highest BCUT2D eigenvalue weighted by atomic mass is 16.5. The smallest absolute Gasteiger partial charge is 0.260 e. The van der Waals surface area contributed by atoms with Crippen LogP contribution >= 0.6 is 0 Å². The van der Waals surface area contributed by atoms with Crippen molar-refractivity contribution in [1.29, 1.82) is 0 Å². The van der Waals surface area contributed by atoms with E-state index in [0.29, 0.717) is 18.0 Å². The summed E-state index contributed by atoms with van der Waals surface area (Å²) < 4.78 is 5.58. The summed E-state index contributed by atoms with van der Waals surface area (Å²) in [5.41, 5.74) is 1.26. The van der Waals surface area contributed by atoms with Crippen LogP contribution in [0.25, 0.3) is 0 Å². The molecule has 1 heterocycles. The van der Waals surface area contributed by atoms with Crippen LogP contribution in [0.2, 0.25) is 0 Å². The number of aromatic nitrogens is 1. The van der Waals surface area contributed by atoms with Gasteiger partial charge in [0.25, 0.3) is 5.91 Å². The van der Waals surface area contributed by atoms with E-state index in [0.717, 1.165) is 25.0 Å². The van der Waals surface area contributed by atoms with Crippen molar-refractivity contribution in [2.45, 2.75) is 52.7 Å². The lowest BCUT2D eigenvalue weighted by molar-refractivity contribution is -0.127. The maximum atomic E-state index is 11.9. The Balaban J connectivity index is 2.52. The number of pyridine rings is 1. The summed E-state index contributed by atoms with van der Waals surface area (Å²) in [5.74, 6) is 0.305. The minimum absolute atomic E-state index is 0.148. The zero-order chi connectivity index (χ0) is 15.0. The number of amides is 1. The molecule has 1 unspecified atom stereocenters. The summed E-state index contributed by atoms with van der Waals surface area (Å²) in [7, 11) is 0. The van der Waals surface area contributed by atoms with Gasteiger partial charge in [-0.2, -0.15) is 0 Å². The number of hydrogen-bond donors (Lipinski definition) is 2. The second kappa shape index (κ2) is 8.53. The molecule has 1 aromatic rings. The first-order valence-corrected chi connectivity index (χ1v) is 7.10. The molecule has 1 amide bonds. The lowest BCUT2D eigenvalue weighted by Crippen LogP contribution is -2.37. The molecule has 1 rings (SSSR count). The standard InChI is InChI=1S/C15H24N2O3/c1-4-5-6-9-16-15(19)12(3)20-14-8-7-11(2)17-13(14)10-18/h7-8,12,18H,4-6,9-10H2,1-3H3,(H,16,19). The van der Waals surface area contributed by atoms with Crippen LogP contribution in [0, 0.1) is 6.92 Å². The molecule has 0 aliphatic carbocycles. The van der Waals surface area contributed by atoms with Crippen molar-refractivity contribution in [1.82, 2.24) is 10.3 Å². The van der Waals surface area contributed by atoms with E-state index in [1.165, 1.54) is 0 Å². The fraction of sp³-hybridized carbons (Fsp3) is 0.600. The predicted octanol–water partition coefficient (Wildman–Crippen LogP) is 1.96. The second-order valence-electron chi connectivity index (χ2n) is 4.81. The summed E-state index contributed by atoms with van der Waals surface area (Å²) in [6, 6.07) is 3.52. The molecule has 112 valence electrons. The van der Waals surface area contributed by atoms with Crippen molar-refractivity contribution in [3.05, 3.63) is 23.5 Å².